The minimum absolute atomic E-state index is 1.11. The zero-order chi connectivity index (χ0) is 35.1. The number of hydrogen-bond acceptors (Lipinski definition) is 1. The fourth-order valence-corrected chi connectivity index (χ4v) is 8.09. The Balaban J connectivity index is 1.17. The van der Waals surface area contributed by atoms with Gasteiger partial charge in [0.2, 0.25) is 0 Å². The minimum atomic E-state index is 1.11. The van der Waals surface area contributed by atoms with E-state index in [0.717, 1.165) is 17.1 Å². The topological polar surface area (TPSA) is 3.24 Å². The van der Waals surface area contributed by atoms with Crippen LogP contribution in [0.15, 0.2) is 212 Å². The molecule has 1 heteroatoms. The van der Waals surface area contributed by atoms with Crippen molar-refractivity contribution in [3.05, 3.63) is 212 Å². The minimum Gasteiger partial charge on any atom is -0.309 e. The Hall–Kier alpha value is -6.96. The molecular weight excluding hydrogens is 639 g/mol. The highest BCUT2D eigenvalue weighted by Gasteiger charge is 2.20. The molecule has 0 aliphatic rings. The molecule has 0 aliphatic carbocycles. The number of fused-ring (bicyclic) bond motifs is 6. The van der Waals surface area contributed by atoms with Crippen LogP contribution in [-0.4, -0.2) is 0 Å². The summed E-state index contributed by atoms with van der Waals surface area (Å²) in [6.45, 7) is 0. The van der Waals surface area contributed by atoms with E-state index in [0.29, 0.717) is 0 Å². The van der Waals surface area contributed by atoms with E-state index in [-0.39, 0.29) is 0 Å². The summed E-state index contributed by atoms with van der Waals surface area (Å²) in [7, 11) is 0. The Morgan fingerprint density at radius 1 is 0.245 bits per heavy atom. The summed E-state index contributed by atoms with van der Waals surface area (Å²) in [5.41, 5.74) is 10.6. The summed E-state index contributed by atoms with van der Waals surface area (Å²) in [6, 6.07) is 77.2. The van der Waals surface area contributed by atoms with Crippen molar-refractivity contribution in [2.24, 2.45) is 0 Å². The predicted molar refractivity (Wildman–Crippen MR) is 227 cm³/mol. The van der Waals surface area contributed by atoms with Crippen molar-refractivity contribution in [2.45, 2.75) is 0 Å². The molecule has 0 heterocycles. The highest BCUT2D eigenvalue weighted by molar-refractivity contribution is 6.18. The first-order chi connectivity index (χ1) is 26.3. The van der Waals surface area contributed by atoms with Crippen LogP contribution in [0.25, 0.3) is 76.5 Å². The van der Waals surface area contributed by atoms with Gasteiger partial charge in [-0.25, -0.2) is 0 Å². The Bertz CT molecular complexity index is 2930. The van der Waals surface area contributed by atoms with Crippen LogP contribution in [-0.2, 0) is 0 Å². The molecule has 0 atom stereocenters. The molecule has 0 saturated heterocycles. The molecule has 0 aliphatic heterocycles. The lowest BCUT2D eigenvalue weighted by molar-refractivity contribution is 1.30. The van der Waals surface area contributed by atoms with Crippen LogP contribution in [0.3, 0.4) is 0 Å². The number of nitrogens with zero attached hydrogens (tertiary/aromatic N) is 1. The third kappa shape index (κ3) is 5.42. The summed E-state index contributed by atoms with van der Waals surface area (Å²) in [5, 5.41) is 10.1. The fourth-order valence-electron chi connectivity index (χ4n) is 8.09. The quantitative estimate of drug-likeness (QED) is 0.159. The van der Waals surface area contributed by atoms with Crippen molar-refractivity contribution in [3.63, 3.8) is 0 Å². The largest absolute Gasteiger partial charge is 0.309 e. The Kier molecular flexibility index (Phi) is 7.55. The van der Waals surface area contributed by atoms with E-state index in [1.807, 2.05) is 0 Å². The normalized spacial score (nSPS) is 11.4. The highest BCUT2D eigenvalue weighted by atomic mass is 15.1. The smallest absolute Gasteiger partial charge is 0.0540 e. The van der Waals surface area contributed by atoms with E-state index in [4.69, 9.17) is 0 Å². The van der Waals surface area contributed by atoms with Gasteiger partial charge >= 0.3 is 0 Å². The Morgan fingerprint density at radius 3 is 1.57 bits per heavy atom. The Labute approximate surface area is 309 Å². The monoisotopic (exact) mass is 673 g/mol. The maximum Gasteiger partial charge on any atom is 0.0540 e. The highest BCUT2D eigenvalue weighted by Crippen LogP contribution is 2.46. The lowest BCUT2D eigenvalue weighted by Crippen LogP contribution is -2.12. The van der Waals surface area contributed by atoms with Crippen molar-refractivity contribution >= 4 is 60.2 Å². The van der Waals surface area contributed by atoms with Gasteiger partial charge in [-0.15, -0.1) is 0 Å². The number of benzene rings is 10. The van der Waals surface area contributed by atoms with Crippen LogP contribution >= 0.6 is 0 Å². The molecule has 0 radical (unpaired) electrons. The van der Waals surface area contributed by atoms with Crippen LogP contribution in [0.4, 0.5) is 17.1 Å². The first-order valence-electron chi connectivity index (χ1n) is 18.3. The van der Waals surface area contributed by atoms with Gasteiger partial charge in [-0.3, -0.25) is 0 Å². The van der Waals surface area contributed by atoms with Crippen molar-refractivity contribution in [2.75, 3.05) is 4.90 Å². The lowest BCUT2D eigenvalue weighted by Gasteiger charge is -2.29. The molecule has 53 heavy (non-hydrogen) atoms. The van der Waals surface area contributed by atoms with Crippen molar-refractivity contribution in [1.82, 2.24) is 0 Å². The molecule has 0 fully saturated rings. The third-order valence-corrected chi connectivity index (χ3v) is 10.7. The van der Waals surface area contributed by atoms with Crippen LogP contribution < -0.4 is 4.90 Å². The first-order valence-corrected chi connectivity index (χ1v) is 18.3. The van der Waals surface area contributed by atoms with Crippen molar-refractivity contribution in [1.29, 1.82) is 0 Å². The summed E-state index contributed by atoms with van der Waals surface area (Å²) < 4.78 is 0. The standard InChI is InChI=1S/C52H35N/c1-3-13-36(14-4-1)37-25-29-42(30-26-37)53(51-22-12-11-19-45(51)38-15-5-2-6-16-38)52-34-33-44(46-20-9-10-21-49(46)52)41-24-23-40-28-31-47-43-18-8-7-17-39(43)27-32-48(47)50(40)35-41/h1-35H. The zero-order valence-electron chi connectivity index (χ0n) is 29.2. The van der Waals surface area contributed by atoms with E-state index in [9.17, 15) is 0 Å². The molecule has 0 saturated carbocycles. The van der Waals surface area contributed by atoms with Gasteiger partial charge in [0, 0.05) is 16.6 Å². The molecule has 0 N–H and O–H groups in total. The molecule has 0 aromatic heterocycles. The predicted octanol–water partition coefficient (Wildman–Crippen LogP) is 14.8. The van der Waals surface area contributed by atoms with Gasteiger partial charge in [0.25, 0.3) is 0 Å². The molecule has 0 spiro atoms. The summed E-state index contributed by atoms with van der Waals surface area (Å²) in [4.78, 5) is 2.43. The third-order valence-electron chi connectivity index (χ3n) is 10.7. The lowest BCUT2D eigenvalue weighted by atomic mass is 9.92. The molecule has 10 aromatic carbocycles. The van der Waals surface area contributed by atoms with Gasteiger partial charge in [0.05, 0.1) is 11.4 Å². The maximum absolute atomic E-state index is 2.43. The van der Waals surface area contributed by atoms with Crippen molar-refractivity contribution < 1.29 is 0 Å². The molecule has 1 nitrogen and oxygen atoms in total. The number of rotatable bonds is 6. The average molecular weight is 674 g/mol. The van der Waals surface area contributed by atoms with Crippen LogP contribution in [0.5, 0.6) is 0 Å². The molecule has 0 amide bonds. The van der Waals surface area contributed by atoms with E-state index in [2.05, 4.69) is 217 Å². The number of para-hydroxylation sites is 1. The van der Waals surface area contributed by atoms with E-state index in [1.54, 1.807) is 0 Å². The van der Waals surface area contributed by atoms with E-state index in [1.165, 1.54) is 76.5 Å². The molecule has 0 bridgehead atoms. The molecule has 10 rings (SSSR count). The van der Waals surface area contributed by atoms with Crippen LogP contribution in [0.1, 0.15) is 0 Å². The summed E-state index contributed by atoms with van der Waals surface area (Å²) >= 11 is 0. The van der Waals surface area contributed by atoms with Gasteiger partial charge in [-0.2, -0.15) is 0 Å². The first kappa shape index (κ1) is 30.8. The van der Waals surface area contributed by atoms with Crippen molar-refractivity contribution in [3.8, 4) is 33.4 Å². The van der Waals surface area contributed by atoms with E-state index < -0.39 is 0 Å². The Morgan fingerprint density at radius 2 is 0.792 bits per heavy atom. The molecule has 248 valence electrons. The zero-order valence-corrected chi connectivity index (χ0v) is 29.2. The van der Waals surface area contributed by atoms with Gasteiger partial charge in [-0.1, -0.05) is 182 Å². The van der Waals surface area contributed by atoms with Gasteiger partial charge in [0.15, 0.2) is 0 Å². The van der Waals surface area contributed by atoms with E-state index >= 15 is 0 Å². The van der Waals surface area contributed by atoms with Gasteiger partial charge in [-0.05, 0) is 95.9 Å². The summed E-state index contributed by atoms with van der Waals surface area (Å²) in [5.74, 6) is 0. The number of anilines is 3. The second-order valence-corrected chi connectivity index (χ2v) is 13.7. The second-order valence-electron chi connectivity index (χ2n) is 13.7. The number of hydrogen-bond donors (Lipinski definition) is 0. The SMILES string of the molecule is c1ccc(-c2ccc(N(c3ccccc3-c3ccccc3)c3ccc(-c4ccc5ccc6c7ccccc7ccc6c5c4)c4ccccc34)cc2)cc1. The van der Waals surface area contributed by atoms with Gasteiger partial charge in [0.1, 0.15) is 0 Å². The maximum atomic E-state index is 2.43. The van der Waals surface area contributed by atoms with Crippen LogP contribution in [0.2, 0.25) is 0 Å². The second kappa shape index (κ2) is 13.0. The molecule has 10 aromatic rings. The fraction of sp³-hybridized carbons (Fsp3) is 0. The molecule has 0 unspecified atom stereocenters. The summed E-state index contributed by atoms with van der Waals surface area (Å²) in [6.07, 6.45) is 0. The van der Waals surface area contributed by atoms with Crippen LogP contribution in [0, 0.1) is 0 Å². The van der Waals surface area contributed by atoms with Gasteiger partial charge < -0.3 is 4.90 Å². The average Bonchev–Trinajstić information content (AvgIpc) is 3.24. The molecular formula is C52H35N.